The summed E-state index contributed by atoms with van der Waals surface area (Å²) in [6.45, 7) is 13.9. The molecule has 0 unspecified atom stereocenters. The number of hydrogen-bond donors (Lipinski definition) is 0. The Morgan fingerprint density at radius 1 is 0.591 bits per heavy atom. The van der Waals surface area contributed by atoms with E-state index in [9.17, 15) is 9.59 Å². The standard InChI is InChI=1S/C31H53NO12/c1-31(2,3)44-30(34)32(4)9-10-35-11-12-36-13-14-37-15-16-38-17-18-39-19-20-40-21-22-41-23-24-42-25-26-43-29-7-5-28(27-33)6-8-29/h5-8,27H,9-26H2,1-4H3. The monoisotopic (exact) mass is 631 g/mol. The summed E-state index contributed by atoms with van der Waals surface area (Å²) in [6.07, 6.45) is 0.429. The molecular weight excluding hydrogens is 578 g/mol. The Kier molecular flexibility index (Phi) is 24.3. The topological polar surface area (TPSA) is 130 Å². The van der Waals surface area contributed by atoms with E-state index in [2.05, 4.69) is 0 Å². The fourth-order valence-electron chi connectivity index (χ4n) is 3.14. The highest BCUT2D eigenvalue weighted by Gasteiger charge is 2.19. The number of carbonyl (C=O) groups is 2. The summed E-state index contributed by atoms with van der Waals surface area (Å²) in [5.41, 5.74) is 0.104. The summed E-state index contributed by atoms with van der Waals surface area (Å²) < 4.78 is 54.5. The molecule has 0 spiro atoms. The predicted molar refractivity (Wildman–Crippen MR) is 163 cm³/mol. The Bertz CT molecular complexity index is 819. The number of carbonyl (C=O) groups excluding carboxylic acids is 2. The van der Waals surface area contributed by atoms with Crippen LogP contribution >= 0.6 is 0 Å². The van der Waals surface area contributed by atoms with Gasteiger partial charge in [-0.2, -0.15) is 0 Å². The van der Waals surface area contributed by atoms with Crippen molar-refractivity contribution < 1.29 is 57.0 Å². The summed E-state index contributed by atoms with van der Waals surface area (Å²) in [5.74, 6) is 0.701. The molecule has 1 aromatic carbocycles. The molecule has 1 amide bonds. The normalized spacial score (nSPS) is 11.5. The van der Waals surface area contributed by atoms with Crippen molar-refractivity contribution >= 4 is 12.4 Å². The highest BCUT2D eigenvalue weighted by Crippen LogP contribution is 2.11. The SMILES string of the molecule is CN(CCOCCOCCOCCOCCOCCOCCOCCOCCOc1ccc(C=O)cc1)C(=O)OC(C)(C)C. The van der Waals surface area contributed by atoms with Crippen molar-refractivity contribution in [2.24, 2.45) is 0 Å². The Hall–Kier alpha value is -2.36. The van der Waals surface area contributed by atoms with E-state index in [1.165, 1.54) is 4.90 Å². The summed E-state index contributed by atoms with van der Waals surface area (Å²) in [5, 5.41) is 0. The molecule has 1 aromatic rings. The first-order valence-corrected chi connectivity index (χ1v) is 15.1. The first-order chi connectivity index (χ1) is 21.3. The molecule has 0 aliphatic rings. The number of likely N-dealkylation sites (N-methyl/N-ethyl adjacent to an activating group) is 1. The van der Waals surface area contributed by atoms with Gasteiger partial charge in [-0.15, -0.1) is 0 Å². The highest BCUT2D eigenvalue weighted by atomic mass is 16.6. The number of hydrogen-bond acceptors (Lipinski definition) is 12. The summed E-state index contributed by atoms with van der Waals surface area (Å²) >= 11 is 0. The van der Waals surface area contributed by atoms with E-state index in [1.54, 1.807) is 31.3 Å². The van der Waals surface area contributed by atoms with Gasteiger partial charge in [0, 0.05) is 19.2 Å². The maximum absolute atomic E-state index is 11.8. The van der Waals surface area contributed by atoms with Crippen LogP contribution in [0.15, 0.2) is 24.3 Å². The second-order valence-electron chi connectivity index (χ2n) is 10.3. The van der Waals surface area contributed by atoms with Gasteiger partial charge >= 0.3 is 6.09 Å². The molecule has 0 saturated carbocycles. The molecule has 0 heterocycles. The van der Waals surface area contributed by atoms with Crippen LogP contribution in [0.25, 0.3) is 0 Å². The van der Waals surface area contributed by atoms with Gasteiger partial charge in [0.15, 0.2) is 0 Å². The number of aldehydes is 1. The molecular formula is C31H53NO12. The lowest BCUT2D eigenvalue weighted by atomic mass is 10.2. The molecule has 254 valence electrons. The number of ether oxygens (including phenoxy) is 10. The number of nitrogens with zero attached hydrogens (tertiary/aromatic N) is 1. The Labute approximate surface area is 262 Å². The van der Waals surface area contributed by atoms with E-state index in [0.717, 1.165) is 6.29 Å². The van der Waals surface area contributed by atoms with Crippen molar-refractivity contribution in [1.29, 1.82) is 0 Å². The van der Waals surface area contributed by atoms with Crippen LogP contribution < -0.4 is 4.74 Å². The van der Waals surface area contributed by atoms with Gasteiger partial charge in [0.2, 0.25) is 0 Å². The largest absolute Gasteiger partial charge is 0.491 e. The Balaban J connectivity index is 1.70. The number of benzene rings is 1. The van der Waals surface area contributed by atoms with Crippen LogP contribution in [-0.4, -0.2) is 149 Å². The smallest absolute Gasteiger partial charge is 0.410 e. The van der Waals surface area contributed by atoms with Gasteiger partial charge in [-0.1, -0.05) is 0 Å². The van der Waals surface area contributed by atoms with Crippen LogP contribution in [0, 0.1) is 0 Å². The molecule has 13 nitrogen and oxygen atoms in total. The van der Waals surface area contributed by atoms with Gasteiger partial charge in [0.1, 0.15) is 24.2 Å². The van der Waals surface area contributed by atoms with Gasteiger partial charge in [-0.25, -0.2) is 4.79 Å². The van der Waals surface area contributed by atoms with Crippen molar-refractivity contribution in [3.8, 4) is 5.75 Å². The van der Waals surface area contributed by atoms with Crippen molar-refractivity contribution in [2.75, 3.05) is 126 Å². The maximum atomic E-state index is 11.8. The molecule has 0 radical (unpaired) electrons. The zero-order valence-electron chi connectivity index (χ0n) is 27.0. The predicted octanol–water partition coefficient (Wildman–Crippen LogP) is 2.88. The average Bonchev–Trinajstić information content (AvgIpc) is 3.00. The minimum atomic E-state index is -0.511. The van der Waals surface area contributed by atoms with Gasteiger partial charge in [-0.05, 0) is 45.0 Å². The third-order valence-corrected chi connectivity index (χ3v) is 5.39. The summed E-state index contributed by atoms with van der Waals surface area (Å²) in [6, 6.07) is 6.92. The molecule has 0 aliphatic carbocycles. The second-order valence-corrected chi connectivity index (χ2v) is 10.3. The van der Waals surface area contributed by atoms with Gasteiger partial charge in [0.05, 0.1) is 106 Å². The zero-order valence-corrected chi connectivity index (χ0v) is 27.0. The molecule has 1 rings (SSSR count). The zero-order chi connectivity index (χ0) is 32.1. The Morgan fingerprint density at radius 2 is 0.932 bits per heavy atom. The van der Waals surface area contributed by atoms with E-state index >= 15 is 0 Å². The van der Waals surface area contributed by atoms with Crippen LogP contribution in [0.4, 0.5) is 4.79 Å². The van der Waals surface area contributed by atoms with E-state index in [4.69, 9.17) is 47.4 Å². The molecule has 0 N–H and O–H groups in total. The maximum Gasteiger partial charge on any atom is 0.410 e. The van der Waals surface area contributed by atoms with E-state index in [0.29, 0.717) is 130 Å². The molecule has 0 aromatic heterocycles. The second kappa shape index (κ2) is 27.0. The third kappa shape index (κ3) is 25.0. The average molecular weight is 632 g/mol. The fraction of sp³-hybridized carbons (Fsp3) is 0.742. The van der Waals surface area contributed by atoms with Crippen molar-refractivity contribution in [3.63, 3.8) is 0 Å². The summed E-state index contributed by atoms with van der Waals surface area (Å²) in [4.78, 5) is 24.0. The third-order valence-electron chi connectivity index (χ3n) is 5.39. The van der Waals surface area contributed by atoms with E-state index in [1.807, 2.05) is 20.8 Å². The minimum Gasteiger partial charge on any atom is -0.491 e. The molecule has 0 fully saturated rings. The molecule has 44 heavy (non-hydrogen) atoms. The van der Waals surface area contributed by atoms with Crippen molar-refractivity contribution in [2.45, 2.75) is 26.4 Å². The lowest BCUT2D eigenvalue weighted by Crippen LogP contribution is -2.36. The molecule has 0 atom stereocenters. The fourth-order valence-corrected chi connectivity index (χ4v) is 3.14. The first kappa shape index (κ1) is 39.7. The van der Waals surface area contributed by atoms with E-state index < -0.39 is 5.60 Å². The Morgan fingerprint density at radius 3 is 1.27 bits per heavy atom. The van der Waals surface area contributed by atoms with Crippen molar-refractivity contribution in [1.82, 2.24) is 4.90 Å². The summed E-state index contributed by atoms with van der Waals surface area (Å²) in [7, 11) is 1.68. The van der Waals surface area contributed by atoms with Crippen LogP contribution in [0.1, 0.15) is 31.1 Å². The van der Waals surface area contributed by atoms with Crippen LogP contribution in [-0.2, 0) is 42.6 Å². The number of amides is 1. The quantitative estimate of drug-likeness (QED) is 0.0952. The van der Waals surface area contributed by atoms with Crippen molar-refractivity contribution in [3.05, 3.63) is 29.8 Å². The van der Waals surface area contributed by atoms with Crippen LogP contribution in [0.2, 0.25) is 0 Å². The highest BCUT2D eigenvalue weighted by molar-refractivity contribution is 5.74. The molecule has 0 aliphatic heterocycles. The van der Waals surface area contributed by atoms with E-state index in [-0.39, 0.29) is 6.09 Å². The minimum absolute atomic E-state index is 0.366. The lowest BCUT2D eigenvalue weighted by Gasteiger charge is -2.24. The number of rotatable bonds is 29. The molecule has 13 heteroatoms. The van der Waals surface area contributed by atoms with Crippen LogP contribution in [0.5, 0.6) is 5.75 Å². The first-order valence-electron chi connectivity index (χ1n) is 15.1. The lowest BCUT2D eigenvalue weighted by molar-refractivity contribution is -0.0241. The molecule has 0 bridgehead atoms. The van der Waals surface area contributed by atoms with Crippen LogP contribution in [0.3, 0.4) is 0 Å². The van der Waals surface area contributed by atoms with Gasteiger partial charge < -0.3 is 52.3 Å². The van der Waals surface area contributed by atoms with Gasteiger partial charge in [0.25, 0.3) is 0 Å². The van der Waals surface area contributed by atoms with Gasteiger partial charge in [-0.3, -0.25) is 4.79 Å². The molecule has 0 saturated heterocycles.